The molecule has 2 N–H and O–H groups in total. The largest absolute Gasteiger partial charge is 0.508 e. The van der Waals surface area contributed by atoms with Gasteiger partial charge in [0, 0.05) is 0 Å². The zero-order chi connectivity index (χ0) is 28.5. The number of alkyl halides is 3. The fraction of sp³-hybridized carbons (Fsp3) is 0.533. The van der Waals surface area contributed by atoms with Gasteiger partial charge in [0.1, 0.15) is 11.5 Å². The Morgan fingerprint density at radius 3 is 2.31 bits per heavy atom. The normalized spacial score (nSPS) is 14.5. The molecule has 0 unspecified atom stereocenters. The van der Waals surface area contributed by atoms with E-state index in [0.717, 1.165) is 62.6 Å². The van der Waals surface area contributed by atoms with Gasteiger partial charge in [0.05, 0.1) is 17.9 Å². The van der Waals surface area contributed by atoms with Crippen molar-refractivity contribution in [3.8, 4) is 11.5 Å². The molecule has 0 atom stereocenters. The molecule has 9 heteroatoms. The van der Waals surface area contributed by atoms with Crippen LogP contribution in [0.2, 0.25) is 0 Å². The van der Waals surface area contributed by atoms with Crippen molar-refractivity contribution in [1.29, 1.82) is 0 Å². The van der Waals surface area contributed by atoms with Crippen molar-refractivity contribution in [2.24, 2.45) is 0 Å². The van der Waals surface area contributed by atoms with E-state index in [9.17, 15) is 31.8 Å². The van der Waals surface area contributed by atoms with Gasteiger partial charge in [-0.2, -0.15) is 13.2 Å². The van der Waals surface area contributed by atoms with Crippen molar-refractivity contribution in [3.63, 3.8) is 0 Å². The highest BCUT2D eigenvalue weighted by molar-refractivity contribution is 7.91. The molecule has 1 aliphatic carbocycles. The standard InChI is InChI=1S/C30H40F3NO4S/c1-34(18-5-6-19-39(37,38)20-16-30(31,32)33)17-4-2-3-12-29-27(23-9-7-11-25(35)21-23)13-8-10-24-22-26(36)14-15-28(24)29/h7,9,11,14-15,21-22,35-36H,2-6,8,10,12-13,16-20H2,1H3. The van der Waals surface area contributed by atoms with Gasteiger partial charge in [0.2, 0.25) is 0 Å². The Labute approximate surface area is 230 Å². The molecule has 0 heterocycles. The lowest BCUT2D eigenvalue weighted by molar-refractivity contribution is -0.129. The van der Waals surface area contributed by atoms with Crippen LogP contribution in [0.15, 0.2) is 42.5 Å². The van der Waals surface area contributed by atoms with Crippen LogP contribution in [0.5, 0.6) is 11.5 Å². The molecule has 0 aromatic heterocycles. The Morgan fingerprint density at radius 1 is 0.872 bits per heavy atom. The number of sulfone groups is 1. The molecule has 0 saturated carbocycles. The number of halogens is 3. The maximum absolute atomic E-state index is 12.3. The van der Waals surface area contributed by atoms with Crippen molar-refractivity contribution >= 4 is 21.0 Å². The lowest BCUT2D eigenvalue weighted by Gasteiger charge is -2.18. The van der Waals surface area contributed by atoms with Gasteiger partial charge in [-0.15, -0.1) is 0 Å². The fourth-order valence-electron chi connectivity index (χ4n) is 5.20. The van der Waals surface area contributed by atoms with Crippen LogP contribution < -0.4 is 0 Å². The second kappa shape index (κ2) is 14.2. The molecule has 5 nitrogen and oxygen atoms in total. The first-order valence-corrected chi connectivity index (χ1v) is 15.5. The Balaban J connectivity index is 1.49. The topological polar surface area (TPSA) is 77.8 Å². The van der Waals surface area contributed by atoms with Crippen LogP contribution in [0, 0.1) is 0 Å². The summed E-state index contributed by atoms with van der Waals surface area (Å²) in [6.07, 6.45) is 1.92. The lowest BCUT2D eigenvalue weighted by Crippen LogP contribution is -2.22. The van der Waals surface area contributed by atoms with Crippen LogP contribution >= 0.6 is 0 Å². The highest BCUT2D eigenvalue weighted by Gasteiger charge is 2.29. The number of unbranched alkanes of at least 4 members (excludes halogenated alkanes) is 3. The van der Waals surface area contributed by atoms with Gasteiger partial charge >= 0.3 is 6.18 Å². The average Bonchev–Trinajstić information content (AvgIpc) is 3.04. The zero-order valence-electron chi connectivity index (χ0n) is 22.6. The molecule has 0 fully saturated rings. The van der Waals surface area contributed by atoms with E-state index >= 15 is 0 Å². The number of phenols is 2. The minimum Gasteiger partial charge on any atom is -0.508 e. The van der Waals surface area contributed by atoms with Crippen molar-refractivity contribution in [2.75, 3.05) is 31.6 Å². The van der Waals surface area contributed by atoms with E-state index in [-0.39, 0.29) is 17.3 Å². The third-order valence-electron chi connectivity index (χ3n) is 7.25. The van der Waals surface area contributed by atoms with Crippen molar-refractivity contribution in [1.82, 2.24) is 4.90 Å². The molecule has 216 valence electrons. The van der Waals surface area contributed by atoms with Gasteiger partial charge in [-0.05, 0) is 124 Å². The minimum atomic E-state index is -4.45. The highest BCUT2D eigenvalue weighted by Crippen LogP contribution is 2.40. The van der Waals surface area contributed by atoms with Crippen LogP contribution in [-0.2, 0) is 16.3 Å². The van der Waals surface area contributed by atoms with E-state index in [1.165, 1.54) is 16.7 Å². The SMILES string of the molecule is CN(CCCCCC1=C(c2cccc(O)c2)CCCc2cc(O)ccc21)CCCCS(=O)(=O)CCC(F)(F)F. The monoisotopic (exact) mass is 567 g/mol. The predicted molar refractivity (Wildman–Crippen MR) is 150 cm³/mol. The summed E-state index contributed by atoms with van der Waals surface area (Å²) >= 11 is 0. The molecule has 2 aromatic carbocycles. The van der Waals surface area contributed by atoms with E-state index in [1.807, 2.05) is 37.4 Å². The minimum absolute atomic E-state index is 0.202. The second-order valence-electron chi connectivity index (χ2n) is 10.5. The summed E-state index contributed by atoms with van der Waals surface area (Å²) in [4.78, 5) is 2.14. The Kier molecular flexibility index (Phi) is 11.3. The number of phenolic OH excluding ortho intramolecular Hbond substituents is 2. The molecule has 0 bridgehead atoms. The smallest absolute Gasteiger partial charge is 0.390 e. The third kappa shape index (κ3) is 10.5. The first kappa shape index (κ1) is 31.0. The number of fused-ring (bicyclic) bond motifs is 1. The van der Waals surface area contributed by atoms with Gasteiger partial charge in [0.25, 0.3) is 0 Å². The van der Waals surface area contributed by atoms with Crippen molar-refractivity contribution in [3.05, 3.63) is 59.2 Å². The molecule has 0 spiro atoms. The summed E-state index contributed by atoms with van der Waals surface area (Å²) in [6, 6.07) is 13.0. The Morgan fingerprint density at radius 2 is 1.59 bits per heavy atom. The number of aryl methyl sites for hydroxylation is 1. The lowest BCUT2D eigenvalue weighted by atomic mass is 9.89. The predicted octanol–water partition coefficient (Wildman–Crippen LogP) is 6.98. The van der Waals surface area contributed by atoms with Crippen LogP contribution in [0.25, 0.3) is 11.1 Å². The van der Waals surface area contributed by atoms with Crippen LogP contribution in [-0.4, -0.2) is 61.3 Å². The highest BCUT2D eigenvalue weighted by atomic mass is 32.2. The van der Waals surface area contributed by atoms with Gasteiger partial charge in [-0.1, -0.05) is 24.6 Å². The Hall–Kier alpha value is -2.52. The number of allylic oxidation sites excluding steroid dienone is 2. The molecule has 0 radical (unpaired) electrons. The van der Waals surface area contributed by atoms with Gasteiger partial charge in [-0.3, -0.25) is 0 Å². The molecular formula is C30H40F3NO4S. The summed E-state index contributed by atoms with van der Waals surface area (Å²) in [5, 5.41) is 20.1. The molecule has 0 aliphatic heterocycles. The number of nitrogens with zero attached hydrogens (tertiary/aromatic N) is 1. The molecule has 0 saturated heterocycles. The van der Waals surface area contributed by atoms with Gasteiger partial charge in [0.15, 0.2) is 9.84 Å². The van der Waals surface area contributed by atoms with E-state index in [2.05, 4.69) is 4.90 Å². The molecule has 0 amide bonds. The fourth-order valence-corrected chi connectivity index (χ4v) is 6.59. The first-order chi connectivity index (χ1) is 18.4. The summed E-state index contributed by atoms with van der Waals surface area (Å²) in [5.41, 5.74) is 5.88. The van der Waals surface area contributed by atoms with E-state index < -0.39 is 28.2 Å². The van der Waals surface area contributed by atoms with Gasteiger partial charge < -0.3 is 15.1 Å². The summed E-state index contributed by atoms with van der Waals surface area (Å²) in [6.45, 7) is 1.57. The molecule has 39 heavy (non-hydrogen) atoms. The van der Waals surface area contributed by atoms with Crippen LogP contribution in [0.4, 0.5) is 13.2 Å². The number of aromatic hydroxyl groups is 2. The average molecular weight is 568 g/mol. The zero-order valence-corrected chi connectivity index (χ0v) is 23.5. The van der Waals surface area contributed by atoms with E-state index in [1.54, 1.807) is 12.1 Å². The van der Waals surface area contributed by atoms with Crippen molar-refractivity contribution < 1.29 is 31.8 Å². The summed E-state index contributed by atoms with van der Waals surface area (Å²) in [5.74, 6) is -0.513. The van der Waals surface area contributed by atoms with E-state index in [0.29, 0.717) is 19.4 Å². The maximum Gasteiger partial charge on any atom is 0.390 e. The number of hydrogen-bond donors (Lipinski definition) is 2. The quantitative estimate of drug-likeness (QED) is 0.241. The van der Waals surface area contributed by atoms with Crippen molar-refractivity contribution in [2.45, 2.75) is 70.4 Å². The molecule has 3 rings (SSSR count). The molecule has 2 aromatic rings. The maximum atomic E-state index is 12.3. The number of hydrogen-bond acceptors (Lipinski definition) is 5. The van der Waals surface area contributed by atoms with Gasteiger partial charge in [-0.25, -0.2) is 8.42 Å². The summed E-state index contributed by atoms with van der Waals surface area (Å²) in [7, 11) is -1.69. The number of benzene rings is 2. The Bertz CT molecular complexity index is 1220. The first-order valence-electron chi connectivity index (χ1n) is 13.7. The second-order valence-corrected chi connectivity index (χ2v) is 12.8. The molecular weight excluding hydrogens is 527 g/mol. The van der Waals surface area contributed by atoms with Crippen LogP contribution in [0.1, 0.15) is 74.5 Å². The molecule has 1 aliphatic rings. The summed E-state index contributed by atoms with van der Waals surface area (Å²) < 4.78 is 60.4. The number of rotatable bonds is 14. The third-order valence-corrected chi connectivity index (χ3v) is 8.99. The van der Waals surface area contributed by atoms with E-state index in [4.69, 9.17) is 0 Å². The van der Waals surface area contributed by atoms with Crippen LogP contribution in [0.3, 0.4) is 0 Å².